The molecule has 1 saturated heterocycles. The van der Waals surface area contributed by atoms with E-state index in [4.69, 9.17) is 16.3 Å². The van der Waals surface area contributed by atoms with Gasteiger partial charge in [-0.05, 0) is 37.9 Å². The molecule has 2 nitrogen and oxygen atoms in total. The minimum Gasteiger partial charge on any atom is -0.369 e. The molecule has 0 saturated carbocycles. The second kappa shape index (κ2) is 4.23. The van der Waals surface area contributed by atoms with E-state index in [1.807, 2.05) is 0 Å². The molecule has 2 unspecified atom stereocenters. The molecular formula is C13H18ClNOS. The number of rotatable bonds is 0. The molecule has 0 aliphatic carbocycles. The molecule has 1 aromatic heterocycles. The third-order valence-corrected chi connectivity index (χ3v) is 5.43. The van der Waals surface area contributed by atoms with Crippen LogP contribution in [-0.2, 0) is 10.3 Å². The summed E-state index contributed by atoms with van der Waals surface area (Å²) < 4.78 is 7.14. The Kier molecular flexibility index (Phi) is 2.98. The molecular weight excluding hydrogens is 254 g/mol. The maximum absolute atomic E-state index is 6.24. The Hall–Kier alpha value is -0.0900. The average molecular weight is 272 g/mol. The van der Waals surface area contributed by atoms with Crippen molar-refractivity contribution in [3.63, 3.8) is 0 Å². The summed E-state index contributed by atoms with van der Waals surface area (Å²) in [5, 5.41) is 3.49. The molecule has 94 valence electrons. The zero-order valence-electron chi connectivity index (χ0n) is 10.3. The van der Waals surface area contributed by atoms with E-state index in [0.29, 0.717) is 12.0 Å². The Morgan fingerprint density at radius 1 is 1.53 bits per heavy atom. The van der Waals surface area contributed by atoms with Crippen molar-refractivity contribution < 1.29 is 4.74 Å². The fourth-order valence-corrected chi connectivity index (χ4v) is 4.47. The predicted molar refractivity (Wildman–Crippen MR) is 72.1 cm³/mol. The summed E-state index contributed by atoms with van der Waals surface area (Å²) in [7, 11) is 0. The van der Waals surface area contributed by atoms with Gasteiger partial charge in [0.05, 0.1) is 16.5 Å². The maximum Gasteiger partial charge on any atom is 0.0969 e. The van der Waals surface area contributed by atoms with Crippen molar-refractivity contribution in [1.82, 2.24) is 5.32 Å². The summed E-state index contributed by atoms with van der Waals surface area (Å²) in [4.78, 5) is 1.44. The largest absolute Gasteiger partial charge is 0.369 e. The molecule has 1 N–H and O–H groups in total. The van der Waals surface area contributed by atoms with Gasteiger partial charge < -0.3 is 10.1 Å². The van der Waals surface area contributed by atoms with Gasteiger partial charge in [-0.3, -0.25) is 0 Å². The molecule has 0 aromatic carbocycles. The van der Waals surface area contributed by atoms with Gasteiger partial charge in [0.15, 0.2) is 0 Å². The number of piperidine rings is 1. The summed E-state index contributed by atoms with van der Waals surface area (Å²) in [5.74, 6) is 0.485. The lowest BCUT2D eigenvalue weighted by Crippen LogP contribution is -2.48. The number of nitrogens with one attached hydrogen (secondary N) is 1. The van der Waals surface area contributed by atoms with E-state index in [2.05, 4.69) is 25.2 Å². The van der Waals surface area contributed by atoms with Gasteiger partial charge in [0, 0.05) is 16.8 Å². The maximum atomic E-state index is 6.24. The molecule has 0 radical (unpaired) electrons. The lowest BCUT2D eigenvalue weighted by Gasteiger charge is -2.44. The third kappa shape index (κ3) is 1.93. The number of thiophene rings is 1. The molecule has 3 atom stereocenters. The first kappa shape index (κ1) is 12.0. The Bertz CT molecular complexity index is 433. The fourth-order valence-electron chi connectivity index (χ4n) is 3.10. The van der Waals surface area contributed by atoms with E-state index in [1.165, 1.54) is 10.4 Å². The molecule has 0 bridgehead atoms. The Labute approximate surface area is 111 Å². The van der Waals surface area contributed by atoms with E-state index < -0.39 is 0 Å². The lowest BCUT2D eigenvalue weighted by molar-refractivity contribution is -0.0936. The first-order chi connectivity index (χ1) is 8.11. The van der Waals surface area contributed by atoms with E-state index in [1.54, 1.807) is 11.3 Å². The Morgan fingerprint density at radius 3 is 3.12 bits per heavy atom. The molecule has 0 amide bonds. The Balaban J connectivity index is 2.04. The van der Waals surface area contributed by atoms with Crippen LogP contribution in [-0.4, -0.2) is 19.2 Å². The summed E-state index contributed by atoms with van der Waals surface area (Å²) in [6, 6.07) is 2.65. The average Bonchev–Trinajstić information content (AvgIpc) is 2.68. The van der Waals surface area contributed by atoms with Gasteiger partial charge in [0.2, 0.25) is 0 Å². The van der Waals surface area contributed by atoms with E-state index in [-0.39, 0.29) is 5.60 Å². The third-order valence-electron chi connectivity index (χ3n) is 3.94. The van der Waals surface area contributed by atoms with Crippen molar-refractivity contribution in [2.45, 2.75) is 44.2 Å². The molecule has 1 spiro atoms. The van der Waals surface area contributed by atoms with Gasteiger partial charge in [-0.1, -0.05) is 18.5 Å². The van der Waals surface area contributed by atoms with Crippen LogP contribution in [0.25, 0.3) is 0 Å². The van der Waals surface area contributed by atoms with Crippen LogP contribution in [0.5, 0.6) is 0 Å². The van der Waals surface area contributed by atoms with Crippen LogP contribution in [0.3, 0.4) is 0 Å². The van der Waals surface area contributed by atoms with Crippen molar-refractivity contribution in [3.8, 4) is 0 Å². The predicted octanol–water partition coefficient (Wildman–Crippen LogP) is 3.50. The van der Waals surface area contributed by atoms with Gasteiger partial charge in [-0.25, -0.2) is 0 Å². The fraction of sp³-hybridized carbons (Fsp3) is 0.692. The van der Waals surface area contributed by atoms with Crippen LogP contribution in [0.2, 0.25) is 4.34 Å². The van der Waals surface area contributed by atoms with Crippen LogP contribution in [0.4, 0.5) is 0 Å². The molecule has 1 aromatic rings. The first-order valence-electron chi connectivity index (χ1n) is 6.28. The van der Waals surface area contributed by atoms with E-state index >= 15 is 0 Å². The molecule has 17 heavy (non-hydrogen) atoms. The second-order valence-electron chi connectivity index (χ2n) is 5.34. The molecule has 3 rings (SSSR count). The van der Waals surface area contributed by atoms with Crippen molar-refractivity contribution in [2.24, 2.45) is 0 Å². The van der Waals surface area contributed by atoms with E-state index in [0.717, 1.165) is 30.3 Å². The topological polar surface area (TPSA) is 21.3 Å². The molecule has 2 aliphatic rings. The van der Waals surface area contributed by atoms with Gasteiger partial charge in [-0.2, -0.15) is 0 Å². The van der Waals surface area contributed by atoms with Gasteiger partial charge in [0.1, 0.15) is 0 Å². The first-order valence-corrected chi connectivity index (χ1v) is 7.47. The van der Waals surface area contributed by atoms with Crippen LogP contribution in [0.15, 0.2) is 6.07 Å². The van der Waals surface area contributed by atoms with Gasteiger partial charge in [-0.15, -0.1) is 11.3 Å². The number of halogens is 1. The highest BCUT2D eigenvalue weighted by Crippen LogP contribution is 2.48. The number of hydrogen-bond donors (Lipinski definition) is 1. The summed E-state index contributed by atoms with van der Waals surface area (Å²) >= 11 is 7.93. The quantitative estimate of drug-likeness (QED) is 0.780. The molecule has 1 fully saturated rings. The van der Waals surface area contributed by atoms with Crippen LogP contribution < -0.4 is 5.32 Å². The zero-order chi connectivity index (χ0) is 12.0. The van der Waals surface area contributed by atoms with Crippen LogP contribution in [0, 0.1) is 0 Å². The molecule has 3 heterocycles. The number of ether oxygens (including phenoxy) is 1. The molecule has 2 aliphatic heterocycles. The normalized spacial score (nSPS) is 37.1. The standard InChI is InChI=1S/C13H18ClNOS/c1-8-7-16-13(3-4-15-9(2)6-13)10-5-11(14)17-12(8)10/h5,8-9,15H,3-4,6-7H2,1-2H3/t8?,9-,13?/m0/s1. The highest BCUT2D eigenvalue weighted by molar-refractivity contribution is 7.16. The Morgan fingerprint density at radius 2 is 2.35 bits per heavy atom. The SMILES string of the molecule is CC1COC2(CCN[C@@H](C)C2)c2cc(Cl)sc21. The van der Waals surface area contributed by atoms with E-state index in [9.17, 15) is 0 Å². The van der Waals surface area contributed by atoms with Crippen LogP contribution in [0.1, 0.15) is 43.0 Å². The van der Waals surface area contributed by atoms with Gasteiger partial charge >= 0.3 is 0 Å². The number of hydrogen-bond acceptors (Lipinski definition) is 3. The highest BCUT2D eigenvalue weighted by atomic mass is 35.5. The summed E-state index contributed by atoms with van der Waals surface area (Å²) in [6.07, 6.45) is 2.11. The lowest BCUT2D eigenvalue weighted by atomic mass is 9.79. The van der Waals surface area contributed by atoms with Crippen molar-refractivity contribution in [3.05, 3.63) is 20.8 Å². The minimum atomic E-state index is -0.0733. The highest BCUT2D eigenvalue weighted by Gasteiger charge is 2.43. The van der Waals surface area contributed by atoms with Crippen molar-refractivity contribution in [2.75, 3.05) is 13.2 Å². The monoisotopic (exact) mass is 271 g/mol. The molecule has 4 heteroatoms. The zero-order valence-corrected chi connectivity index (χ0v) is 11.8. The summed E-state index contributed by atoms with van der Waals surface area (Å²) in [5.41, 5.74) is 1.29. The summed E-state index contributed by atoms with van der Waals surface area (Å²) in [6.45, 7) is 6.32. The smallest absolute Gasteiger partial charge is 0.0969 e. The minimum absolute atomic E-state index is 0.0733. The number of fused-ring (bicyclic) bond motifs is 2. The second-order valence-corrected chi connectivity index (χ2v) is 7.06. The van der Waals surface area contributed by atoms with Crippen LogP contribution >= 0.6 is 22.9 Å². The van der Waals surface area contributed by atoms with Gasteiger partial charge in [0.25, 0.3) is 0 Å². The van der Waals surface area contributed by atoms with Crippen molar-refractivity contribution >= 4 is 22.9 Å². The van der Waals surface area contributed by atoms with Crippen molar-refractivity contribution in [1.29, 1.82) is 0 Å².